The van der Waals surface area contributed by atoms with E-state index in [0.29, 0.717) is 5.57 Å². The molecule has 252 valence electrons. The molecule has 3 aromatic carbocycles. The quantitative estimate of drug-likeness (QED) is 0.156. The van der Waals surface area contributed by atoms with Crippen molar-refractivity contribution >= 4 is 5.78 Å². The monoisotopic (exact) mass is 673 g/mol. The Balaban J connectivity index is 0.00000110. The molecule has 0 saturated heterocycles. The van der Waals surface area contributed by atoms with Crippen molar-refractivity contribution in [2.45, 2.75) is 93.1 Å². The molecule has 0 radical (unpaired) electrons. The number of aliphatic hydroxyl groups excluding tert-OH is 2. The van der Waals surface area contributed by atoms with E-state index in [-0.39, 0.29) is 50.5 Å². The van der Waals surface area contributed by atoms with E-state index in [0.717, 1.165) is 27.8 Å². The number of hydrogen-bond donors (Lipinski definition) is 4. The third kappa shape index (κ3) is 12.5. The van der Waals surface area contributed by atoms with Crippen molar-refractivity contribution in [3.8, 4) is 0 Å². The summed E-state index contributed by atoms with van der Waals surface area (Å²) in [5.41, 5.74) is 3.10. The van der Waals surface area contributed by atoms with E-state index >= 15 is 0 Å². The molecular weight excluding hydrogens is 618 g/mol. The van der Waals surface area contributed by atoms with Gasteiger partial charge < -0.3 is 20.6 Å². The fraction of sp³-hybridized carbons (Fsp3) is 0.390. The van der Waals surface area contributed by atoms with Gasteiger partial charge in [0.2, 0.25) is 0 Å². The molecule has 0 heterocycles. The van der Waals surface area contributed by atoms with E-state index in [1.54, 1.807) is 33.9 Å². The second-order valence-electron chi connectivity index (χ2n) is 14.3. The minimum absolute atomic E-state index is 0. The van der Waals surface area contributed by atoms with Gasteiger partial charge in [-0.3, -0.25) is 4.79 Å². The summed E-state index contributed by atoms with van der Waals surface area (Å²) in [7, 11) is 0. The summed E-state index contributed by atoms with van der Waals surface area (Å²) < 4.78 is 0. The average Bonchev–Trinajstić information content (AvgIpc) is 2.97. The zero-order valence-corrected chi connectivity index (χ0v) is 31.4. The summed E-state index contributed by atoms with van der Waals surface area (Å²) in [4.78, 5) is 13.7. The zero-order chi connectivity index (χ0) is 34.7. The molecule has 6 heteroatoms. The average molecular weight is 674 g/mol. The maximum Gasteiger partial charge on any atom is 0.191 e. The van der Waals surface area contributed by atoms with Crippen LogP contribution in [0.15, 0.2) is 126 Å². The van der Waals surface area contributed by atoms with Crippen LogP contribution in [0.4, 0.5) is 0 Å². The van der Waals surface area contributed by atoms with Gasteiger partial charge in [-0.05, 0) is 66.9 Å². The van der Waals surface area contributed by atoms with E-state index in [4.69, 9.17) is 10.2 Å². The van der Waals surface area contributed by atoms with Crippen molar-refractivity contribution in [3.05, 3.63) is 143 Å². The molecule has 1 aliphatic carbocycles. The van der Waals surface area contributed by atoms with Gasteiger partial charge in [0.25, 0.3) is 0 Å². The molecule has 3 aromatic rings. The molecule has 0 aliphatic heterocycles. The van der Waals surface area contributed by atoms with Crippen molar-refractivity contribution in [2.75, 3.05) is 0 Å². The Hall–Kier alpha value is -3.06. The summed E-state index contributed by atoms with van der Waals surface area (Å²) in [5.74, 6) is 0.00720. The molecule has 0 spiro atoms. The van der Waals surface area contributed by atoms with Crippen LogP contribution in [0.1, 0.15) is 92.0 Å². The van der Waals surface area contributed by atoms with E-state index in [1.165, 1.54) is 0 Å². The number of rotatable bonds is 6. The largest absolute Gasteiger partial charge is 0.394 e. The van der Waals surface area contributed by atoms with Crippen LogP contribution >= 0.6 is 0 Å². The molecule has 4 rings (SSSR count). The van der Waals surface area contributed by atoms with Gasteiger partial charge in [0.05, 0.1) is 6.04 Å². The number of aliphatic hydroxyl groups is 3. The van der Waals surface area contributed by atoms with Gasteiger partial charge in [0.1, 0.15) is 5.60 Å². The first-order valence-electron chi connectivity index (χ1n) is 16.1. The molecule has 0 unspecified atom stereocenters. The number of ketones is 1. The molecule has 0 saturated carbocycles. The van der Waals surface area contributed by atoms with Crippen molar-refractivity contribution in [1.82, 2.24) is 5.32 Å². The van der Waals surface area contributed by atoms with Gasteiger partial charge in [-0.25, -0.2) is 0 Å². The number of hydrogen-bond acceptors (Lipinski definition) is 5. The van der Waals surface area contributed by atoms with Crippen molar-refractivity contribution in [2.24, 2.45) is 10.8 Å². The van der Waals surface area contributed by atoms with E-state index < -0.39 is 11.6 Å². The molecule has 4 N–H and O–H groups in total. The van der Waals surface area contributed by atoms with Crippen LogP contribution in [0.2, 0.25) is 0 Å². The molecule has 0 fully saturated rings. The Bertz CT molecular complexity index is 1410. The maximum atomic E-state index is 13.7. The maximum absolute atomic E-state index is 13.7. The Morgan fingerprint density at radius 3 is 1.38 bits per heavy atom. The summed E-state index contributed by atoms with van der Waals surface area (Å²) in [5, 5.41) is 32.2. The van der Waals surface area contributed by atoms with E-state index in [2.05, 4.69) is 52.9 Å². The second-order valence-corrected chi connectivity index (χ2v) is 14.3. The first kappa shape index (κ1) is 42.0. The van der Waals surface area contributed by atoms with Crippen LogP contribution in [-0.4, -0.2) is 33.3 Å². The SMILES string of the molecule is CC(C)(C)C1=C/C(=C/N[C@H](c2ccccc2)C(O)(c2ccccc2)c2ccccc2)C(=O)C(C(C)(C)C)=C1.CC(C)O.CC(C)O.[Ti]. The molecule has 0 aromatic heterocycles. The molecule has 1 atom stereocenters. The van der Waals surface area contributed by atoms with Gasteiger partial charge >= 0.3 is 0 Å². The number of carbonyl (C=O) groups is 1. The van der Waals surface area contributed by atoms with Gasteiger partial charge in [0.15, 0.2) is 5.78 Å². The van der Waals surface area contributed by atoms with E-state index in [9.17, 15) is 9.90 Å². The van der Waals surface area contributed by atoms with Crippen LogP contribution in [0, 0.1) is 10.8 Å². The van der Waals surface area contributed by atoms with Crippen LogP contribution in [0.25, 0.3) is 0 Å². The third-order valence-corrected chi connectivity index (χ3v) is 7.18. The predicted octanol–water partition coefficient (Wildman–Crippen LogP) is 8.44. The minimum atomic E-state index is -1.40. The smallest absolute Gasteiger partial charge is 0.191 e. The number of Topliss-reactive ketones (excluding diaryl/α,β-unsaturated/α-hetero) is 1. The Morgan fingerprint density at radius 2 is 1.02 bits per heavy atom. The van der Waals surface area contributed by atoms with Crippen LogP contribution in [0.5, 0.6) is 0 Å². The Kier molecular flexibility index (Phi) is 16.5. The molecule has 0 amide bonds. The standard InChI is InChI=1S/C35H39NO2.2C3H8O.Ti/c1-33(2,3)29-22-26(31(37)30(23-29)34(4,5)6)24-36-32(25-16-10-7-11-17-25)35(38,27-18-12-8-13-19-27)28-20-14-9-15-21-28;2*1-3(2)4;/h7-24,32,36,38H,1-6H3;2*3-4H,1-2H3;/b26-24-;;;/t32-;;;/m1.../s1. The molecule has 1 aliphatic rings. The minimum Gasteiger partial charge on any atom is -0.394 e. The number of nitrogens with one attached hydrogen (secondary N) is 1. The van der Waals surface area contributed by atoms with E-state index in [1.807, 2.05) is 97.1 Å². The van der Waals surface area contributed by atoms with Gasteiger partial charge in [-0.1, -0.05) is 139 Å². The van der Waals surface area contributed by atoms with Crippen molar-refractivity contribution in [3.63, 3.8) is 0 Å². The summed E-state index contributed by atoms with van der Waals surface area (Å²) in [6.07, 6.45) is 5.50. The van der Waals surface area contributed by atoms with Crippen LogP contribution in [0.3, 0.4) is 0 Å². The van der Waals surface area contributed by atoms with Gasteiger partial charge in [-0.15, -0.1) is 0 Å². The van der Waals surface area contributed by atoms with Gasteiger partial charge in [-0.2, -0.15) is 0 Å². The number of benzene rings is 3. The molecular formula is C41H55NO4Ti. The fourth-order valence-corrected chi connectivity index (χ4v) is 4.91. The fourth-order valence-electron chi connectivity index (χ4n) is 4.91. The number of allylic oxidation sites excluding steroid dienone is 5. The Labute approximate surface area is 298 Å². The van der Waals surface area contributed by atoms with Crippen molar-refractivity contribution < 1.29 is 41.8 Å². The van der Waals surface area contributed by atoms with Crippen LogP contribution in [-0.2, 0) is 32.1 Å². The van der Waals surface area contributed by atoms with Gasteiger partial charge in [0, 0.05) is 51.3 Å². The summed E-state index contributed by atoms with van der Waals surface area (Å²) >= 11 is 0. The second kappa shape index (κ2) is 18.5. The predicted molar refractivity (Wildman–Crippen MR) is 191 cm³/mol. The number of carbonyl (C=O) groups excluding carboxylic acids is 1. The summed E-state index contributed by atoms with van der Waals surface area (Å²) in [6, 6.07) is 28.8. The first-order chi connectivity index (χ1) is 21.4. The first-order valence-corrected chi connectivity index (χ1v) is 16.1. The third-order valence-electron chi connectivity index (χ3n) is 7.18. The molecule has 5 nitrogen and oxygen atoms in total. The zero-order valence-electron chi connectivity index (χ0n) is 29.9. The Morgan fingerprint density at radius 1 is 0.638 bits per heavy atom. The summed E-state index contributed by atoms with van der Waals surface area (Å²) in [6.45, 7) is 19.6. The normalized spacial score (nSPS) is 15.0. The van der Waals surface area contributed by atoms with Crippen LogP contribution < -0.4 is 5.32 Å². The molecule has 0 bridgehead atoms. The molecule has 47 heavy (non-hydrogen) atoms. The van der Waals surface area contributed by atoms with Crippen molar-refractivity contribution in [1.29, 1.82) is 0 Å². The topological polar surface area (TPSA) is 89.8 Å².